The highest BCUT2D eigenvalue weighted by Crippen LogP contribution is 2.33. The molecule has 0 aromatic carbocycles. The fraction of sp³-hybridized carbons (Fsp3) is 0.364. The highest BCUT2D eigenvalue weighted by Gasteiger charge is 2.33. The van der Waals surface area contributed by atoms with Gasteiger partial charge in [0.15, 0.2) is 5.12 Å². The van der Waals surface area contributed by atoms with Gasteiger partial charge >= 0.3 is 0 Å². The number of thioether (sulfide) groups is 1. The predicted octanol–water partition coefficient (Wildman–Crippen LogP) is 2.88. The van der Waals surface area contributed by atoms with E-state index >= 15 is 0 Å². The average molecular weight is 350 g/mol. The second-order valence-electron chi connectivity index (χ2n) is 3.90. The summed E-state index contributed by atoms with van der Waals surface area (Å²) in [5, 5.41) is 0.502. The molecule has 1 aliphatic rings. The lowest BCUT2D eigenvalue weighted by molar-refractivity contribution is -0.117. The van der Waals surface area contributed by atoms with Gasteiger partial charge in [0.2, 0.25) is 5.91 Å². The Morgan fingerprint density at radius 3 is 3.06 bits per heavy atom. The molecule has 7 heteroatoms. The van der Waals surface area contributed by atoms with Gasteiger partial charge in [-0.1, -0.05) is 23.4 Å². The van der Waals surface area contributed by atoms with E-state index in [9.17, 15) is 9.59 Å². The van der Waals surface area contributed by atoms with Gasteiger partial charge in [-0.05, 0) is 22.0 Å². The maximum Gasteiger partial charge on any atom is 0.228 e. The van der Waals surface area contributed by atoms with Crippen molar-refractivity contribution in [1.82, 2.24) is 4.98 Å². The molecule has 0 saturated carbocycles. The first kappa shape index (κ1) is 13.8. The zero-order valence-electron chi connectivity index (χ0n) is 9.52. The molecular formula is C11H10BrClN2O2S. The lowest BCUT2D eigenvalue weighted by atomic mass is 10.4. The van der Waals surface area contributed by atoms with Crippen LogP contribution in [0.2, 0.25) is 5.02 Å². The van der Waals surface area contributed by atoms with Crippen molar-refractivity contribution in [2.45, 2.75) is 18.6 Å². The van der Waals surface area contributed by atoms with Crippen LogP contribution in [-0.2, 0) is 9.59 Å². The third kappa shape index (κ3) is 3.05. The number of hydrogen-bond acceptors (Lipinski definition) is 4. The largest absolute Gasteiger partial charge is 0.309 e. The van der Waals surface area contributed by atoms with Gasteiger partial charge < -0.3 is 4.90 Å². The van der Waals surface area contributed by atoms with Gasteiger partial charge in [-0.25, -0.2) is 4.98 Å². The number of carbonyl (C=O) groups is 2. The summed E-state index contributed by atoms with van der Waals surface area (Å²) in [6, 6.07) is 1.69. The Hall–Kier alpha value is -0.590. The first-order valence-corrected chi connectivity index (χ1v) is 7.31. The van der Waals surface area contributed by atoms with Crippen LogP contribution in [0, 0.1) is 0 Å². The van der Waals surface area contributed by atoms with Crippen LogP contribution in [0.5, 0.6) is 0 Å². The van der Waals surface area contributed by atoms with Crippen molar-refractivity contribution < 1.29 is 9.59 Å². The molecule has 1 fully saturated rings. The average Bonchev–Trinajstić information content (AvgIpc) is 2.62. The molecule has 0 spiro atoms. The third-order valence-electron chi connectivity index (χ3n) is 2.50. The molecule has 1 aromatic rings. The summed E-state index contributed by atoms with van der Waals surface area (Å²) in [4.78, 5) is 28.7. The van der Waals surface area contributed by atoms with Crippen LogP contribution in [0.1, 0.15) is 13.3 Å². The molecular weight excluding hydrogens is 340 g/mol. The van der Waals surface area contributed by atoms with Crippen molar-refractivity contribution in [3.05, 3.63) is 21.9 Å². The summed E-state index contributed by atoms with van der Waals surface area (Å²) in [5.41, 5.74) is 0.652. The topological polar surface area (TPSA) is 50.3 Å². The zero-order chi connectivity index (χ0) is 13.3. The standard InChI is InChI=1S/C11H10BrClN2O2S/c1-6(16)18-8-3-10(17)15(5-8)9-2-7(13)4-14-11(9)12/h2,4,8H,3,5H2,1H3. The Morgan fingerprint density at radius 2 is 2.39 bits per heavy atom. The number of carbonyl (C=O) groups excluding carboxylic acids is 2. The van der Waals surface area contributed by atoms with E-state index in [0.29, 0.717) is 28.3 Å². The van der Waals surface area contributed by atoms with Crippen molar-refractivity contribution >= 4 is 56.0 Å². The first-order chi connectivity index (χ1) is 8.47. The molecule has 1 aliphatic heterocycles. The van der Waals surface area contributed by atoms with E-state index in [1.807, 2.05) is 0 Å². The van der Waals surface area contributed by atoms with E-state index in [0.717, 1.165) is 0 Å². The summed E-state index contributed by atoms with van der Waals surface area (Å²) < 4.78 is 0.578. The van der Waals surface area contributed by atoms with Crippen LogP contribution in [0.25, 0.3) is 0 Å². The quantitative estimate of drug-likeness (QED) is 0.770. The SMILES string of the molecule is CC(=O)SC1CC(=O)N(c2cc(Cl)cnc2Br)C1. The number of hydrogen-bond donors (Lipinski definition) is 0. The number of aromatic nitrogens is 1. The maximum absolute atomic E-state index is 11.9. The minimum Gasteiger partial charge on any atom is -0.309 e. The van der Waals surface area contributed by atoms with E-state index in [2.05, 4.69) is 20.9 Å². The molecule has 1 amide bonds. The van der Waals surface area contributed by atoms with Gasteiger partial charge in [0.05, 0.1) is 10.7 Å². The van der Waals surface area contributed by atoms with E-state index in [1.165, 1.54) is 24.9 Å². The van der Waals surface area contributed by atoms with E-state index in [4.69, 9.17) is 11.6 Å². The zero-order valence-corrected chi connectivity index (χ0v) is 12.7. The Balaban J connectivity index is 2.21. The second-order valence-corrected chi connectivity index (χ2v) is 6.57. The van der Waals surface area contributed by atoms with E-state index in [-0.39, 0.29) is 16.3 Å². The van der Waals surface area contributed by atoms with Gasteiger partial charge in [0, 0.05) is 31.3 Å². The summed E-state index contributed by atoms with van der Waals surface area (Å²) >= 11 is 10.4. The highest BCUT2D eigenvalue weighted by molar-refractivity contribution is 9.10. The molecule has 0 radical (unpaired) electrons. The summed E-state index contributed by atoms with van der Waals surface area (Å²) in [5.74, 6) is -0.0153. The Bertz CT molecular complexity index is 512. The molecule has 0 aliphatic carbocycles. The van der Waals surface area contributed by atoms with Gasteiger partial charge in [-0.15, -0.1) is 0 Å². The third-order valence-corrected chi connectivity index (χ3v) is 4.30. The fourth-order valence-electron chi connectivity index (χ4n) is 1.82. The molecule has 1 aromatic heterocycles. The van der Waals surface area contributed by atoms with Crippen LogP contribution in [0.15, 0.2) is 16.9 Å². The smallest absolute Gasteiger partial charge is 0.228 e. The van der Waals surface area contributed by atoms with E-state index in [1.54, 1.807) is 11.0 Å². The molecule has 1 unspecified atom stereocenters. The fourth-order valence-corrected chi connectivity index (χ4v) is 3.32. The van der Waals surface area contributed by atoms with Gasteiger partial charge in [0.25, 0.3) is 0 Å². The lowest BCUT2D eigenvalue weighted by Crippen LogP contribution is -2.25. The van der Waals surface area contributed by atoms with Crippen molar-refractivity contribution in [3.63, 3.8) is 0 Å². The van der Waals surface area contributed by atoms with Crippen LogP contribution in [-0.4, -0.2) is 27.8 Å². The maximum atomic E-state index is 11.9. The molecule has 0 N–H and O–H groups in total. The molecule has 96 valence electrons. The number of amides is 1. The first-order valence-electron chi connectivity index (χ1n) is 5.26. The number of halogens is 2. The molecule has 1 atom stereocenters. The van der Waals surface area contributed by atoms with Gasteiger partial charge in [-0.3, -0.25) is 9.59 Å². The molecule has 1 saturated heterocycles. The van der Waals surface area contributed by atoms with Crippen LogP contribution in [0.4, 0.5) is 5.69 Å². The van der Waals surface area contributed by atoms with Crippen LogP contribution in [0.3, 0.4) is 0 Å². The molecule has 2 heterocycles. The number of anilines is 1. The highest BCUT2D eigenvalue weighted by atomic mass is 79.9. The van der Waals surface area contributed by atoms with Crippen LogP contribution < -0.4 is 4.90 Å². The Kier molecular flexibility index (Phi) is 4.29. The van der Waals surface area contributed by atoms with Crippen molar-refractivity contribution in [2.75, 3.05) is 11.4 Å². The molecule has 18 heavy (non-hydrogen) atoms. The summed E-state index contributed by atoms with van der Waals surface area (Å²) in [6.07, 6.45) is 1.88. The van der Waals surface area contributed by atoms with Crippen molar-refractivity contribution in [1.29, 1.82) is 0 Å². The van der Waals surface area contributed by atoms with Crippen molar-refractivity contribution in [2.24, 2.45) is 0 Å². The van der Waals surface area contributed by atoms with Gasteiger partial charge in [-0.2, -0.15) is 0 Å². The minimum absolute atomic E-state index is 0.000816. The predicted molar refractivity (Wildman–Crippen MR) is 76.0 cm³/mol. The van der Waals surface area contributed by atoms with E-state index < -0.39 is 0 Å². The normalized spacial score (nSPS) is 19.4. The molecule has 0 bridgehead atoms. The van der Waals surface area contributed by atoms with Crippen LogP contribution >= 0.6 is 39.3 Å². The second kappa shape index (κ2) is 5.59. The van der Waals surface area contributed by atoms with Crippen molar-refractivity contribution in [3.8, 4) is 0 Å². The summed E-state index contributed by atoms with van der Waals surface area (Å²) in [6.45, 7) is 2.01. The molecule has 4 nitrogen and oxygen atoms in total. The monoisotopic (exact) mass is 348 g/mol. The van der Waals surface area contributed by atoms with Gasteiger partial charge in [0.1, 0.15) is 4.60 Å². The number of pyridine rings is 1. The number of rotatable bonds is 2. The molecule has 2 rings (SSSR count). The Morgan fingerprint density at radius 1 is 1.67 bits per heavy atom. The summed E-state index contributed by atoms with van der Waals surface area (Å²) in [7, 11) is 0. The lowest BCUT2D eigenvalue weighted by Gasteiger charge is -2.17. The number of nitrogens with zero attached hydrogens (tertiary/aromatic N) is 2. The minimum atomic E-state index is -0.0153. The Labute approximate surface area is 122 Å².